The fraction of sp³-hybridized carbons (Fsp3) is 0.500. The quantitative estimate of drug-likeness (QED) is 0.444. The molecule has 1 aromatic heterocycles. The van der Waals surface area contributed by atoms with Gasteiger partial charge in [-0.25, -0.2) is 9.78 Å². The maximum atomic E-state index is 13.8. The molecule has 0 bridgehead atoms. The number of nitrogens with zero attached hydrogens (tertiary/aromatic N) is 2. The van der Waals surface area contributed by atoms with E-state index in [0.29, 0.717) is 24.2 Å². The zero-order chi connectivity index (χ0) is 23.5. The number of rotatable bonds is 7. The topological polar surface area (TPSA) is 64.3 Å². The predicted octanol–water partition coefficient (Wildman–Crippen LogP) is 6.09. The van der Waals surface area contributed by atoms with E-state index in [0.717, 1.165) is 41.7 Å². The number of hydrogen-bond acceptors (Lipinski definition) is 4. The number of imidazole rings is 1. The molecule has 176 valence electrons. The summed E-state index contributed by atoms with van der Waals surface area (Å²) in [6.07, 6.45) is 4.38. The maximum absolute atomic E-state index is 13.8. The molecular formula is C28H36N2O3. The molecule has 4 rings (SSSR count). The molecule has 5 heteroatoms. The van der Waals surface area contributed by atoms with E-state index in [1.807, 2.05) is 36.4 Å². The third-order valence-corrected chi connectivity index (χ3v) is 7.16. The molecule has 2 aromatic carbocycles. The van der Waals surface area contributed by atoms with Crippen molar-refractivity contribution >= 4 is 17.0 Å². The first-order valence-electron chi connectivity index (χ1n) is 12.3. The Kier molecular flexibility index (Phi) is 7.06. The van der Waals surface area contributed by atoms with Crippen molar-refractivity contribution in [3.05, 3.63) is 59.9 Å². The third-order valence-electron chi connectivity index (χ3n) is 7.16. The standard InChI is InChI=1S/C28H36N2O3/c1-5-27-29-23-8-6-7-9-24(23)30(27)25(17-20-11-13-21(31)14-12-20)28(32)33-26-16-19(4)10-15-22(26)18(2)3/h6-9,11-14,18-19,22,25-26,31H,5,10,15-17H2,1-4H3/t19-,22+,25-,26-/m1/s1. The van der Waals surface area contributed by atoms with E-state index in [4.69, 9.17) is 9.72 Å². The molecule has 1 aliphatic rings. The molecule has 1 N–H and O–H groups in total. The van der Waals surface area contributed by atoms with Crippen molar-refractivity contribution < 1.29 is 14.6 Å². The van der Waals surface area contributed by atoms with Crippen LogP contribution in [0.3, 0.4) is 0 Å². The normalized spacial score (nSPS) is 21.9. The first-order chi connectivity index (χ1) is 15.9. The van der Waals surface area contributed by atoms with Gasteiger partial charge in [0, 0.05) is 12.8 Å². The molecule has 0 saturated heterocycles. The number of esters is 1. The van der Waals surface area contributed by atoms with Gasteiger partial charge in [-0.15, -0.1) is 0 Å². The molecule has 33 heavy (non-hydrogen) atoms. The van der Waals surface area contributed by atoms with Crippen molar-refractivity contribution in [3.63, 3.8) is 0 Å². The Morgan fingerprint density at radius 1 is 1.15 bits per heavy atom. The minimum atomic E-state index is -0.512. The highest BCUT2D eigenvalue weighted by atomic mass is 16.5. The average molecular weight is 449 g/mol. The van der Waals surface area contributed by atoms with Crippen molar-refractivity contribution in [1.29, 1.82) is 0 Å². The fourth-order valence-corrected chi connectivity index (χ4v) is 5.30. The van der Waals surface area contributed by atoms with E-state index < -0.39 is 6.04 Å². The summed E-state index contributed by atoms with van der Waals surface area (Å²) in [6.45, 7) is 8.78. The van der Waals surface area contributed by atoms with E-state index in [9.17, 15) is 9.90 Å². The van der Waals surface area contributed by atoms with Crippen LogP contribution in [0.2, 0.25) is 0 Å². The second-order valence-electron chi connectivity index (χ2n) is 9.93. The summed E-state index contributed by atoms with van der Waals surface area (Å²) < 4.78 is 8.40. The van der Waals surface area contributed by atoms with Crippen LogP contribution in [0, 0.1) is 17.8 Å². The van der Waals surface area contributed by atoms with Crippen LogP contribution in [0.1, 0.15) is 64.4 Å². The van der Waals surface area contributed by atoms with Gasteiger partial charge in [0.05, 0.1) is 11.0 Å². The first-order valence-corrected chi connectivity index (χ1v) is 12.3. The van der Waals surface area contributed by atoms with E-state index in [1.54, 1.807) is 12.1 Å². The number of phenolic OH excluding ortho intramolecular Hbond substituents is 1. The zero-order valence-electron chi connectivity index (χ0n) is 20.2. The number of phenols is 1. The number of fused-ring (bicyclic) bond motifs is 1. The summed E-state index contributed by atoms with van der Waals surface area (Å²) in [7, 11) is 0. The molecule has 1 heterocycles. The van der Waals surface area contributed by atoms with Gasteiger partial charge in [-0.1, -0.05) is 58.4 Å². The number of aryl methyl sites for hydroxylation is 1. The molecule has 0 radical (unpaired) electrons. The Balaban J connectivity index is 1.71. The molecule has 1 fully saturated rings. The smallest absolute Gasteiger partial charge is 0.329 e. The molecule has 0 aliphatic heterocycles. The van der Waals surface area contributed by atoms with Crippen molar-refractivity contribution in [3.8, 4) is 5.75 Å². The minimum Gasteiger partial charge on any atom is -0.508 e. The summed E-state index contributed by atoms with van der Waals surface area (Å²) in [6, 6.07) is 14.6. The van der Waals surface area contributed by atoms with Gasteiger partial charge in [0.25, 0.3) is 0 Å². The molecule has 0 amide bonds. The molecule has 4 atom stereocenters. The summed E-state index contributed by atoms with van der Waals surface area (Å²) in [4.78, 5) is 18.7. The maximum Gasteiger partial charge on any atom is 0.329 e. The zero-order valence-corrected chi connectivity index (χ0v) is 20.2. The molecule has 1 aliphatic carbocycles. The Hall–Kier alpha value is -2.82. The van der Waals surface area contributed by atoms with Crippen molar-refractivity contribution in [2.24, 2.45) is 17.8 Å². The highest BCUT2D eigenvalue weighted by molar-refractivity contribution is 5.81. The molecule has 1 saturated carbocycles. The van der Waals surface area contributed by atoms with Crippen molar-refractivity contribution in [2.45, 2.75) is 71.9 Å². The SMILES string of the molecule is CCc1nc2ccccc2n1[C@H](Cc1ccc(O)cc1)C(=O)O[C@@H]1C[C@H](C)CC[C@H]1C(C)C. The molecule has 5 nitrogen and oxygen atoms in total. The highest BCUT2D eigenvalue weighted by Gasteiger charge is 2.36. The predicted molar refractivity (Wildman–Crippen MR) is 131 cm³/mol. The lowest BCUT2D eigenvalue weighted by molar-refractivity contribution is -0.160. The van der Waals surface area contributed by atoms with Crippen LogP contribution in [-0.2, 0) is 22.4 Å². The minimum absolute atomic E-state index is 0.0524. The number of aromatic nitrogens is 2. The number of para-hydroxylation sites is 2. The van der Waals surface area contributed by atoms with Crippen LogP contribution < -0.4 is 0 Å². The monoisotopic (exact) mass is 448 g/mol. The number of carbonyl (C=O) groups excluding carboxylic acids is 1. The Morgan fingerprint density at radius 3 is 2.58 bits per heavy atom. The van der Waals surface area contributed by atoms with Crippen LogP contribution in [0.15, 0.2) is 48.5 Å². The molecular weight excluding hydrogens is 412 g/mol. The van der Waals surface area contributed by atoms with Crippen molar-refractivity contribution in [1.82, 2.24) is 9.55 Å². The Bertz CT molecular complexity index is 1090. The van der Waals surface area contributed by atoms with Gasteiger partial charge >= 0.3 is 5.97 Å². The Labute approximate surface area is 196 Å². The van der Waals surface area contributed by atoms with Crippen LogP contribution in [0.4, 0.5) is 0 Å². The first kappa shape index (κ1) is 23.3. The van der Waals surface area contributed by atoms with Gasteiger partial charge in [-0.05, 0) is 60.4 Å². The van der Waals surface area contributed by atoms with Crippen LogP contribution in [-0.4, -0.2) is 26.7 Å². The van der Waals surface area contributed by atoms with Crippen LogP contribution in [0.25, 0.3) is 11.0 Å². The summed E-state index contributed by atoms with van der Waals surface area (Å²) in [5.41, 5.74) is 2.82. The fourth-order valence-electron chi connectivity index (χ4n) is 5.30. The lowest BCUT2D eigenvalue weighted by Gasteiger charge is -2.37. The van der Waals surface area contributed by atoms with E-state index in [2.05, 4.69) is 32.3 Å². The lowest BCUT2D eigenvalue weighted by atomic mass is 9.75. The molecule has 3 aromatic rings. The average Bonchev–Trinajstić information content (AvgIpc) is 3.17. The number of benzene rings is 2. The van der Waals surface area contributed by atoms with Gasteiger partial charge in [0.15, 0.2) is 0 Å². The molecule has 0 unspecified atom stereocenters. The molecule has 0 spiro atoms. The number of carbonyl (C=O) groups is 1. The summed E-state index contributed by atoms with van der Waals surface area (Å²) in [5, 5.41) is 9.72. The largest absolute Gasteiger partial charge is 0.508 e. The van der Waals surface area contributed by atoms with E-state index in [1.165, 1.54) is 6.42 Å². The third kappa shape index (κ3) is 5.07. The van der Waals surface area contributed by atoms with Gasteiger partial charge in [0.2, 0.25) is 0 Å². The van der Waals surface area contributed by atoms with E-state index >= 15 is 0 Å². The summed E-state index contributed by atoms with van der Waals surface area (Å²) >= 11 is 0. The number of aromatic hydroxyl groups is 1. The van der Waals surface area contributed by atoms with Gasteiger partial charge < -0.3 is 14.4 Å². The van der Waals surface area contributed by atoms with Gasteiger partial charge in [-0.3, -0.25) is 0 Å². The van der Waals surface area contributed by atoms with Gasteiger partial charge in [0.1, 0.15) is 23.7 Å². The highest BCUT2D eigenvalue weighted by Crippen LogP contribution is 2.36. The second kappa shape index (κ2) is 9.98. The van der Waals surface area contributed by atoms with Crippen LogP contribution in [0.5, 0.6) is 5.75 Å². The lowest BCUT2D eigenvalue weighted by Crippen LogP contribution is -2.38. The number of ether oxygens (including phenoxy) is 1. The van der Waals surface area contributed by atoms with Gasteiger partial charge in [-0.2, -0.15) is 0 Å². The van der Waals surface area contributed by atoms with Crippen LogP contribution >= 0.6 is 0 Å². The summed E-state index contributed by atoms with van der Waals surface area (Å²) in [5.74, 6) is 2.35. The van der Waals surface area contributed by atoms with E-state index in [-0.39, 0.29) is 17.8 Å². The second-order valence-corrected chi connectivity index (χ2v) is 9.93. The number of hydrogen-bond donors (Lipinski definition) is 1. The Morgan fingerprint density at radius 2 is 1.88 bits per heavy atom. The van der Waals surface area contributed by atoms with Crippen molar-refractivity contribution in [2.75, 3.05) is 0 Å².